The van der Waals surface area contributed by atoms with Crippen molar-refractivity contribution in [3.63, 3.8) is 0 Å². The predicted octanol–water partition coefficient (Wildman–Crippen LogP) is 4.96. The molecule has 4 rings (SSSR count). The number of rotatable bonds is 6. The molecular weight excluding hydrogens is 422 g/mol. The lowest BCUT2D eigenvalue weighted by molar-refractivity contribution is 0.102. The molecule has 0 aliphatic carbocycles. The molecule has 1 saturated heterocycles. The highest BCUT2D eigenvalue weighted by Gasteiger charge is 2.17. The molecule has 0 atom stereocenters. The Labute approximate surface area is 189 Å². The van der Waals surface area contributed by atoms with Gasteiger partial charge in [0.05, 0.1) is 10.6 Å². The number of carbonyl (C=O) groups is 1. The maximum Gasteiger partial charge on any atom is 0.261 e. The van der Waals surface area contributed by atoms with Crippen molar-refractivity contribution in [2.75, 3.05) is 28.0 Å². The van der Waals surface area contributed by atoms with Crippen LogP contribution < -0.4 is 14.9 Å². The van der Waals surface area contributed by atoms with E-state index >= 15 is 0 Å². The first-order chi connectivity index (χ1) is 15.3. The molecule has 1 aliphatic rings. The number of sulfonamides is 1. The molecule has 0 bridgehead atoms. The van der Waals surface area contributed by atoms with Crippen LogP contribution in [0.4, 0.5) is 17.1 Å². The largest absolute Gasteiger partial charge is 0.372 e. The van der Waals surface area contributed by atoms with E-state index in [1.54, 1.807) is 49.4 Å². The van der Waals surface area contributed by atoms with Crippen molar-refractivity contribution in [2.24, 2.45) is 0 Å². The number of anilines is 3. The van der Waals surface area contributed by atoms with Gasteiger partial charge < -0.3 is 10.2 Å². The van der Waals surface area contributed by atoms with E-state index in [1.165, 1.54) is 12.8 Å². The number of aryl methyl sites for hydroxylation is 2. The van der Waals surface area contributed by atoms with Gasteiger partial charge in [0.15, 0.2) is 0 Å². The van der Waals surface area contributed by atoms with Crippen LogP contribution in [-0.4, -0.2) is 27.4 Å². The minimum Gasteiger partial charge on any atom is -0.372 e. The Bertz CT molecular complexity index is 1210. The van der Waals surface area contributed by atoms with Gasteiger partial charge in [-0.3, -0.25) is 9.52 Å². The number of nitrogens with one attached hydrogen (secondary N) is 2. The number of hydrogen-bond acceptors (Lipinski definition) is 4. The fourth-order valence-corrected chi connectivity index (χ4v) is 4.85. The fourth-order valence-electron chi connectivity index (χ4n) is 3.73. The van der Waals surface area contributed by atoms with E-state index in [4.69, 9.17) is 0 Å². The topological polar surface area (TPSA) is 78.5 Å². The molecule has 0 spiro atoms. The molecular formula is C25H27N3O3S. The zero-order chi connectivity index (χ0) is 22.7. The normalized spacial score (nSPS) is 13.8. The van der Waals surface area contributed by atoms with Gasteiger partial charge in [0.2, 0.25) is 0 Å². The maximum atomic E-state index is 12.8. The molecule has 0 saturated carbocycles. The van der Waals surface area contributed by atoms with Crippen molar-refractivity contribution >= 4 is 33.0 Å². The standard InChI is InChI=1S/C25H27N3O3S/c1-18-5-13-23(14-6-18)32(30,31)27-24-17-20(8-7-19(24)2)25(29)26-21-9-11-22(12-10-21)28-15-3-4-16-28/h5-14,17,27H,3-4,15-16H2,1-2H3,(H,26,29). The molecule has 1 fully saturated rings. The Morgan fingerprint density at radius 2 is 1.53 bits per heavy atom. The van der Waals surface area contributed by atoms with Gasteiger partial charge in [-0.05, 0) is 80.8 Å². The second-order valence-electron chi connectivity index (χ2n) is 8.14. The van der Waals surface area contributed by atoms with Crippen LogP contribution >= 0.6 is 0 Å². The molecule has 0 radical (unpaired) electrons. The first kappa shape index (κ1) is 21.9. The minimum absolute atomic E-state index is 0.176. The lowest BCUT2D eigenvalue weighted by Gasteiger charge is -2.18. The van der Waals surface area contributed by atoms with Gasteiger partial charge >= 0.3 is 0 Å². The van der Waals surface area contributed by atoms with Gasteiger partial charge in [0, 0.05) is 30.0 Å². The summed E-state index contributed by atoms with van der Waals surface area (Å²) in [6, 6.07) is 19.4. The molecule has 2 N–H and O–H groups in total. The van der Waals surface area contributed by atoms with E-state index in [1.807, 2.05) is 31.2 Å². The molecule has 3 aromatic rings. The van der Waals surface area contributed by atoms with E-state index in [-0.39, 0.29) is 10.8 Å². The summed E-state index contributed by atoms with van der Waals surface area (Å²) >= 11 is 0. The van der Waals surface area contributed by atoms with Crippen LogP contribution in [-0.2, 0) is 10.0 Å². The molecule has 7 heteroatoms. The second kappa shape index (κ2) is 9.04. The summed E-state index contributed by atoms with van der Waals surface area (Å²) in [6.07, 6.45) is 2.42. The third-order valence-corrected chi connectivity index (χ3v) is 7.05. The molecule has 3 aromatic carbocycles. The fraction of sp³-hybridized carbons (Fsp3) is 0.240. The summed E-state index contributed by atoms with van der Waals surface area (Å²) in [6.45, 7) is 5.83. The summed E-state index contributed by atoms with van der Waals surface area (Å²) < 4.78 is 28.1. The number of carbonyl (C=O) groups excluding carboxylic acids is 1. The lowest BCUT2D eigenvalue weighted by atomic mass is 10.1. The number of benzene rings is 3. The van der Waals surface area contributed by atoms with Crippen LogP contribution in [0.2, 0.25) is 0 Å². The van der Waals surface area contributed by atoms with Gasteiger partial charge in [-0.1, -0.05) is 23.8 Å². The number of amides is 1. The van der Waals surface area contributed by atoms with Crippen molar-refractivity contribution in [3.8, 4) is 0 Å². The van der Waals surface area contributed by atoms with E-state index in [0.717, 1.165) is 29.9 Å². The number of hydrogen-bond donors (Lipinski definition) is 2. The van der Waals surface area contributed by atoms with E-state index in [9.17, 15) is 13.2 Å². The van der Waals surface area contributed by atoms with Crippen molar-refractivity contribution in [1.82, 2.24) is 0 Å². The maximum absolute atomic E-state index is 12.8. The van der Waals surface area contributed by atoms with Crippen LogP contribution in [0.5, 0.6) is 0 Å². The predicted molar refractivity (Wildman–Crippen MR) is 129 cm³/mol. The van der Waals surface area contributed by atoms with Crippen molar-refractivity contribution in [1.29, 1.82) is 0 Å². The van der Waals surface area contributed by atoms with Crippen LogP contribution in [0.15, 0.2) is 71.6 Å². The Morgan fingerprint density at radius 1 is 0.875 bits per heavy atom. The lowest BCUT2D eigenvalue weighted by Crippen LogP contribution is -2.18. The summed E-state index contributed by atoms with van der Waals surface area (Å²) in [4.78, 5) is 15.3. The number of nitrogens with zero attached hydrogens (tertiary/aromatic N) is 1. The van der Waals surface area contributed by atoms with Crippen LogP contribution in [0.25, 0.3) is 0 Å². The zero-order valence-electron chi connectivity index (χ0n) is 18.3. The third-order valence-electron chi connectivity index (χ3n) is 5.67. The Kier molecular flexibility index (Phi) is 6.19. The smallest absolute Gasteiger partial charge is 0.261 e. The quantitative estimate of drug-likeness (QED) is 0.558. The molecule has 0 unspecified atom stereocenters. The van der Waals surface area contributed by atoms with Crippen molar-refractivity contribution in [2.45, 2.75) is 31.6 Å². The highest BCUT2D eigenvalue weighted by molar-refractivity contribution is 7.92. The first-order valence-corrected chi connectivity index (χ1v) is 12.2. The van der Waals surface area contributed by atoms with Crippen LogP contribution in [0.1, 0.15) is 34.3 Å². The summed E-state index contributed by atoms with van der Waals surface area (Å²) in [5, 5.41) is 2.89. The highest BCUT2D eigenvalue weighted by atomic mass is 32.2. The molecule has 0 aromatic heterocycles. The average molecular weight is 450 g/mol. The minimum atomic E-state index is -3.75. The summed E-state index contributed by atoms with van der Waals surface area (Å²) in [5.41, 5.74) is 4.31. The zero-order valence-corrected chi connectivity index (χ0v) is 19.1. The molecule has 1 amide bonds. The first-order valence-electron chi connectivity index (χ1n) is 10.7. The third kappa shape index (κ3) is 4.94. The van der Waals surface area contributed by atoms with Gasteiger partial charge in [-0.25, -0.2) is 8.42 Å². The van der Waals surface area contributed by atoms with Crippen molar-refractivity contribution in [3.05, 3.63) is 83.4 Å². The van der Waals surface area contributed by atoms with E-state index in [2.05, 4.69) is 14.9 Å². The Morgan fingerprint density at radius 3 is 2.19 bits per heavy atom. The molecule has 1 heterocycles. The average Bonchev–Trinajstić information content (AvgIpc) is 3.31. The SMILES string of the molecule is Cc1ccc(S(=O)(=O)Nc2cc(C(=O)Nc3ccc(N4CCCC4)cc3)ccc2C)cc1. The van der Waals surface area contributed by atoms with Gasteiger partial charge in [-0.2, -0.15) is 0 Å². The van der Waals surface area contributed by atoms with E-state index in [0.29, 0.717) is 16.9 Å². The van der Waals surface area contributed by atoms with E-state index < -0.39 is 10.0 Å². The highest BCUT2D eigenvalue weighted by Crippen LogP contribution is 2.24. The Hall–Kier alpha value is -3.32. The molecule has 6 nitrogen and oxygen atoms in total. The van der Waals surface area contributed by atoms with Crippen LogP contribution in [0.3, 0.4) is 0 Å². The monoisotopic (exact) mass is 449 g/mol. The van der Waals surface area contributed by atoms with Gasteiger partial charge in [0.1, 0.15) is 0 Å². The van der Waals surface area contributed by atoms with Gasteiger partial charge in [-0.15, -0.1) is 0 Å². The molecule has 32 heavy (non-hydrogen) atoms. The van der Waals surface area contributed by atoms with Gasteiger partial charge in [0.25, 0.3) is 15.9 Å². The second-order valence-corrected chi connectivity index (χ2v) is 9.83. The molecule has 166 valence electrons. The Balaban J connectivity index is 1.49. The van der Waals surface area contributed by atoms with Crippen LogP contribution in [0, 0.1) is 13.8 Å². The van der Waals surface area contributed by atoms with Crippen molar-refractivity contribution < 1.29 is 13.2 Å². The summed E-state index contributed by atoms with van der Waals surface area (Å²) in [5.74, 6) is -0.297. The molecule has 1 aliphatic heterocycles. The summed E-state index contributed by atoms with van der Waals surface area (Å²) in [7, 11) is -3.75.